The van der Waals surface area contributed by atoms with E-state index in [0.717, 1.165) is 43.0 Å². The second-order valence-corrected chi connectivity index (χ2v) is 5.10. The lowest BCUT2D eigenvalue weighted by molar-refractivity contribution is -0.00478. The van der Waals surface area contributed by atoms with E-state index in [2.05, 4.69) is 16.8 Å². The van der Waals surface area contributed by atoms with E-state index in [-0.39, 0.29) is 5.60 Å². The summed E-state index contributed by atoms with van der Waals surface area (Å²) in [5.41, 5.74) is 7.80. The van der Waals surface area contributed by atoms with Crippen LogP contribution in [0.4, 0.5) is 11.5 Å². The first-order valence-electron chi connectivity index (χ1n) is 6.06. The molecule has 0 aliphatic carbocycles. The van der Waals surface area contributed by atoms with Crippen molar-refractivity contribution in [3.8, 4) is 0 Å². The Morgan fingerprint density at radius 2 is 2.29 bits per heavy atom. The highest BCUT2D eigenvalue weighted by atomic mass is 16.5. The molecule has 4 nitrogen and oxygen atoms in total. The van der Waals surface area contributed by atoms with Crippen LogP contribution in [0.3, 0.4) is 0 Å². The van der Waals surface area contributed by atoms with Crippen LogP contribution in [-0.4, -0.2) is 30.8 Å². The Hall–Kier alpha value is -1.29. The maximum Gasteiger partial charge on any atom is 0.151 e. The van der Waals surface area contributed by atoms with Gasteiger partial charge in [-0.1, -0.05) is 0 Å². The molecule has 1 aromatic heterocycles. The molecule has 2 rings (SSSR count). The molecule has 2 heterocycles. The maximum absolute atomic E-state index is 6.04. The number of nitrogens with zero attached hydrogens (tertiary/aromatic N) is 2. The molecule has 1 atom stereocenters. The predicted octanol–water partition coefficient (Wildman–Crippen LogP) is 1.98. The van der Waals surface area contributed by atoms with Gasteiger partial charge in [0.1, 0.15) is 0 Å². The molecule has 2 N–H and O–H groups in total. The van der Waals surface area contributed by atoms with Crippen molar-refractivity contribution >= 4 is 11.5 Å². The summed E-state index contributed by atoms with van der Waals surface area (Å²) in [4.78, 5) is 6.67. The average molecular weight is 235 g/mol. The molecule has 0 bridgehead atoms. The van der Waals surface area contributed by atoms with E-state index in [9.17, 15) is 0 Å². The van der Waals surface area contributed by atoms with Crippen LogP contribution in [0, 0.1) is 6.92 Å². The van der Waals surface area contributed by atoms with E-state index < -0.39 is 0 Å². The molecule has 0 spiro atoms. The van der Waals surface area contributed by atoms with Gasteiger partial charge in [-0.2, -0.15) is 0 Å². The first-order chi connectivity index (χ1) is 8.04. The zero-order valence-electron chi connectivity index (χ0n) is 10.9. The Bertz CT molecular complexity index is 408. The van der Waals surface area contributed by atoms with Gasteiger partial charge in [0.15, 0.2) is 5.82 Å². The topological polar surface area (TPSA) is 51.4 Å². The van der Waals surface area contributed by atoms with Gasteiger partial charge in [0.2, 0.25) is 0 Å². The van der Waals surface area contributed by atoms with E-state index in [1.165, 1.54) is 0 Å². The monoisotopic (exact) mass is 235 g/mol. The quantitative estimate of drug-likeness (QED) is 0.851. The minimum Gasteiger partial charge on any atom is -0.396 e. The van der Waals surface area contributed by atoms with Gasteiger partial charge in [-0.25, -0.2) is 4.98 Å². The maximum atomic E-state index is 6.04. The van der Waals surface area contributed by atoms with E-state index in [0.29, 0.717) is 0 Å². The van der Waals surface area contributed by atoms with E-state index in [1.807, 2.05) is 19.2 Å². The fourth-order valence-electron chi connectivity index (χ4n) is 2.40. The molecule has 0 radical (unpaired) electrons. The summed E-state index contributed by atoms with van der Waals surface area (Å²) >= 11 is 0. The van der Waals surface area contributed by atoms with Crippen molar-refractivity contribution in [2.75, 3.05) is 30.8 Å². The van der Waals surface area contributed by atoms with E-state index >= 15 is 0 Å². The zero-order valence-corrected chi connectivity index (χ0v) is 10.9. The van der Waals surface area contributed by atoms with Crippen molar-refractivity contribution in [3.63, 3.8) is 0 Å². The molecule has 94 valence electrons. The van der Waals surface area contributed by atoms with Crippen molar-refractivity contribution in [1.82, 2.24) is 4.98 Å². The van der Waals surface area contributed by atoms with Gasteiger partial charge in [-0.05, 0) is 38.3 Å². The average Bonchev–Trinajstić information content (AvgIpc) is 2.29. The van der Waals surface area contributed by atoms with Crippen LogP contribution in [0.15, 0.2) is 12.3 Å². The SMILES string of the molecule is COC1(C)CCCN(c2ncc(C)cc2N)C1. The van der Waals surface area contributed by atoms with Crippen molar-refractivity contribution < 1.29 is 4.74 Å². The second kappa shape index (κ2) is 4.53. The Balaban J connectivity index is 2.22. The number of hydrogen-bond acceptors (Lipinski definition) is 4. The Morgan fingerprint density at radius 1 is 1.53 bits per heavy atom. The molecule has 1 aromatic rings. The summed E-state index contributed by atoms with van der Waals surface area (Å²) in [6, 6.07) is 1.97. The Labute approximate surface area is 103 Å². The van der Waals surface area contributed by atoms with Crippen LogP contribution in [0.5, 0.6) is 0 Å². The molecular formula is C13H21N3O. The van der Waals surface area contributed by atoms with Crippen LogP contribution in [0.25, 0.3) is 0 Å². The fraction of sp³-hybridized carbons (Fsp3) is 0.615. The van der Waals surface area contributed by atoms with Crippen LogP contribution in [0.2, 0.25) is 0 Å². The molecule has 1 fully saturated rings. The van der Waals surface area contributed by atoms with Gasteiger partial charge < -0.3 is 15.4 Å². The summed E-state index contributed by atoms with van der Waals surface area (Å²) in [5, 5.41) is 0. The predicted molar refractivity (Wildman–Crippen MR) is 70.2 cm³/mol. The number of nitrogens with two attached hydrogens (primary N) is 1. The highest BCUT2D eigenvalue weighted by molar-refractivity contribution is 5.63. The summed E-state index contributed by atoms with van der Waals surface area (Å²) in [5.74, 6) is 0.888. The Kier molecular flexibility index (Phi) is 3.24. The van der Waals surface area contributed by atoms with Crippen molar-refractivity contribution in [2.24, 2.45) is 0 Å². The number of rotatable bonds is 2. The largest absolute Gasteiger partial charge is 0.396 e. The van der Waals surface area contributed by atoms with Crippen molar-refractivity contribution in [3.05, 3.63) is 17.8 Å². The molecule has 17 heavy (non-hydrogen) atoms. The van der Waals surface area contributed by atoms with Gasteiger partial charge in [0.25, 0.3) is 0 Å². The lowest BCUT2D eigenvalue weighted by Crippen LogP contribution is -2.47. The van der Waals surface area contributed by atoms with Gasteiger partial charge in [0, 0.05) is 26.4 Å². The molecule has 1 aliphatic heterocycles. The number of pyridine rings is 1. The third kappa shape index (κ3) is 2.52. The molecule has 0 aromatic carbocycles. The highest BCUT2D eigenvalue weighted by Gasteiger charge is 2.31. The lowest BCUT2D eigenvalue weighted by atomic mass is 9.94. The summed E-state index contributed by atoms with van der Waals surface area (Å²) < 4.78 is 5.58. The molecule has 1 saturated heterocycles. The highest BCUT2D eigenvalue weighted by Crippen LogP contribution is 2.29. The van der Waals surface area contributed by atoms with Gasteiger partial charge in [0.05, 0.1) is 11.3 Å². The number of aryl methyl sites for hydroxylation is 1. The van der Waals surface area contributed by atoms with Crippen LogP contribution < -0.4 is 10.6 Å². The Morgan fingerprint density at radius 3 is 2.94 bits per heavy atom. The number of ether oxygens (including phenoxy) is 1. The van der Waals surface area contributed by atoms with Crippen molar-refractivity contribution in [2.45, 2.75) is 32.3 Å². The van der Waals surface area contributed by atoms with Crippen LogP contribution >= 0.6 is 0 Å². The first-order valence-corrected chi connectivity index (χ1v) is 6.06. The third-order valence-corrected chi connectivity index (χ3v) is 3.48. The van der Waals surface area contributed by atoms with Crippen LogP contribution in [-0.2, 0) is 4.74 Å². The normalized spacial score (nSPS) is 25.0. The third-order valence-electron chi connectivity index (χ3n) is 3.48. The number of nitrogen functional groups attached to an aromatic ring is 1. The number of hydrogen-bond donors (Lipinski definition) is 1. The van der Waals surface area contributed by atoms with Gasteiger partial charge in [-0.15, -0.1) is 0 Å². The standard InChI is InChI=1S/C13H21N3O/c1-10-7-11(14)12(15-8-10)16-6-4-5-13(2,9-16)17-3/h7-8H,4-6,9,14H2,1-3H3. The molecule has 0 saturated carbocycles. The first kappa shape index (κ1) is 12.2. The number of anilines is 2. The van der Waals surface area contributed by atoms with Crippen LogP contribution in [0.1, 0.15) is 25.3 Å². The number of piperidine rings is 1. The molecular weight excluding hydrogens is 214 g/mol. The summed E-state index contributed by atoms with van der Waals surface area (Å²) in [6.45, 7) is 6.00. The zero-order chi connectivity index (χ0) is 12.5. The molecule has 0 amide bonds. The summed E-state index contributed by atoms with van der Waals surface area (Å²) in [7, 11) is 1.77. The van der Waals surface area contributed by atoms with Gasteiger partial charge >= 0.3 is 0 Å². The van der Waals surface area contributed by atoms with Gasteiger partial charge in [-0.3, -0.25) is 0 Å². The summed E-state index contributed by atoms with van der Waals surface area (Å²) in [6.07, 6.45) is 4.07. The fourth-order valence-corrected chi connectivity index (χ4v) is 2.40. The van der Waals surface area contributed by atoms with Crippen molar-refractivity contribution in [1.29, 1.82) is 0 Å². The molecule has 1 aliphatic rings. The van der Waals surface area contributed by atoms with E-state index in [1.54, 1.807) is 7.11 Å². The molecule has 4 heteroatoms. The minimum absolute atomic E-state index is 0.0861. The minimum atomic E-state index is -0.0861. The lowest BCUT2D eigenvalue weighted by Gasteiger charge is -2.40. The second-order valence-electron chi connectivity index (χ2n) is 5.10. The van der Waals surface area contributed by atoms with E-state index in [4.69, 9.17) is 10.5 Å². The number of methoxy groups -OCH3 is 1. The smallest absolute Gasteiger partial charge is 0.151 e. The number of aromatic nitrogens is 1. The molecule has 1 unspecified atom stereocenters.